The average Bonchev–Trinajstić information content (AvgIpc) is 2.03. The molecule has 0 aromatic rings. The lowest BCUT2D eigenvalue weighted by atomic mass is 10.0. The van der Waals surface area contributed by atoms with Crippen molar-refractivity contribution in [2.24, 2.45) is 5.92 Å². The Hall–Kier alpha value is 0.500. The highest BCUT2D eigenvalue weighted by atomic mass is 32.7. The summed E-state index contributed by atoms with van der Waals surface area (Å²) < 4.78 is 10.6. The number of hydrogen-bond acceptors (Lipinski definition) is 2. The van der Waals surface area contributed by atoms with Crippen molar-refractivity contribution in [2.45, 2.75) is 39.5 Å². The third-order valence-electron chi connectivity index (χ3n) is 2.02. The first kappa shape index (κ1) is 13.5. The molecule has 0 spiro atoms. The summed E-state index contributed by atoms with van der Waals surface area (Å²) in [4.78, 5) is 17.3. The highest BCUT2D eigenvalue weighted by molar-refractivity contribution is 8.54. The molecule has 80 valence electrons. The van der Waals surface area contributed by atoms with Gasteiger partial charge in [0.25, 0.3) is 0 Å². The predicted molar refractivity (Wildman–Crippen MR) is 57.8 cm³/mol. The Bertz CT molecular complexity index is 169. The fourth-order valence-electron chi connectivity index (χ4n) is 1.10. The van der Waals surface area contributed by atoms with Gasteiger partial charge in [-0.15, -0.1) is 0 Å². The van der Waals surface area contributed by atoms with Crippen molar-refractivity contribution in [3.8, 4) is 0 Å². The van der Waals surface area contributed by atoms with Crippen LogP contribution in [-0.4, -0.2) is 15.5 Å². The minimum Gasteiger partial charge on any atom is -0.317 e. The van der Waals surface area contributed by atoms with Gasteiger partial charge in [0.1, 0.15) is 0 Å². The van der Waals surface area contributed by atoms with Crippen LogP contribution in [0.5, 0.6) is 0 Å². The van der Waals surface area contributed by atoms with E-state index < -0.39 is 6.80 Å². The van der Waals surface area contributed by atoms with Crippen LogP contribution >= 0.6 is 18.2 Å². The molecule has 0 aromatic carbocycles. The van der Waals surface area contributed by atoms with Crippen LogP contribution in [-0.2, 0) is 4.57 Å². The largest absolute Gasteiger partial charge is 0.383 e. The zero-order chi connectivity index (χ0) is 10.3. The van der Waals surface area contributed by atoms with Crippen LogP contribution in [0.3, 0.4) is 0 Å². The van der Waals surface area contributed by atoms with Crippen molar-refractivity contribution in [3.05, 3.63) is 0 Å². The summed E-state index contributed by atoms with van der Waals surface area (Å²) in [5.74, 6) is 1.04. The molecular weight excluding hydrogens is 207 g/mol. The first-order valence-corrected chi connectivity index (χ1v) is 7.90. The van der Waals surface area contributed by atoms with Gasteiger partial charge in [-0.25, -0.2) is 4.57 Å². The molecule has 0 saturated carbocycles. The summed E-state index contributed by atoms with van der Waals surface area (Å²) in [5, 5.41) is 0. The van der Waals surface area contributed by atoms with E-state index in [4.69, 9.17) is 9.79 Å². The normalized spacial score (nSPS) is 14.5. The Kier molecular flexibility index (Phi) is 7.15. The van der Waals surface area contributed by atoms with Crippen LogP contribution < -0.4 is 0 Å². The first-order chi connectivity index (χ1) is 5.99. The van der Waals surface area contributed by atoms with Gasteiger partial charge in [0.15, 0.2) is 0 Å². The Labute approximate surface area is 84.2 Å². The molecule has 0 aliphatic rings. The molecule has 0 rings (SSSR count). The molecule has 1 atom stereocenters. The lowest BCUT2D eigenvalue weighted by Gasteiger charge is -2.13. The van der Waals surface area contributed by atoms with E-state index in [1.807, 2.05) is 0 Å². The maximum absolute atomic E-state index is 10.6. The summed E-state index contributed by atoms with van der Waals surface area (Å²) in [6, 6.07) is 0. The van der Waals surface area contributed by atoms with Gasteiger partial charge in [-0.1, -0.05) is 33.1 Å². The standard InChI is InChI=1S/C8H19O3PS/c1-3-5-6-8(4-2)7-13-12(9,10)11/h8H,3-7H2,1-2H3,(H2,9,10,11). The van der Waals surface area contributed by atoms with Crippen molar-refractivity contribution in [1.29, 1.82) is 0 Å². The fourth-order valence-corrected chi connectivity index (χ4v) is 3.12. The van der Waals surface area contributed by atoms with E-state index >= 15 is 0 Å². The van der Waals surface area contributed by atoms with Crippen molar-refractivity contribution >= 4 is 18.2 Å². The third-order valence-corrected chi connectivity index (χ3v) is 4.43. The van der Waals surface area contributed by atoms with Gasteiger partial charge in [-0.2, -0.15) is 0 Å². The predicted octanol–water partition coefficient (Wildman–Crippen LogP) is 3.03. The molecular formula is C8H19O3PS. The quantitative estimate of drug-likeness (QED) is 0.655. The van der Waals surface area contributed by atoms with E-state index in [9.17, 15) is 4.57 Å². The summed E-state index contributed by atoms with van der Waals surface area (Å²) >= 11 is 0.783. The number of rotatable bonds is 7. The Morgan fingerprint density at radius 1 is 1.38 bits per heavy atom. The maximum Gasteiger partial charge on any atom is 0.383 e. The average molecular weight is 226 g/mol. The van der Waals surface area contributed by atoms with Crippen molar-refractivity contribution < 1.29 is 14.4 Å². The zero-order valence-electron chi connectivity index (χ0n) is 8.27. The van der Waals surface area contributed by atoms with E-state index in [1.54, 1.807) is 0 Å². The molecule has 0 radical (unpaired) electrons. The maximum atomic E-state index is 10.6. The Balaban J connectivity index is 3.65. The summed E-state index contributed by atoms with van der Waals surface area (Å²) in [7, 11) is 0. The van der Waals surface area contributed by atoms with Crippen LogP contribution in [0, 0.1) is 5.92 Å². The van der Waals surface area contributed by atoms with Gasteiger partial charge >= 0.3 is 6.80 Å². The SMILES string of the molecule is CCCCC(CC)CSP(=O)(O)O. The lowest BCUT2D eigenvalue weighted by molar-refractivity contribution is 0.396. The topological polar surface area (TPSA) is 57.5 Å². The van der Waals surface area contributed by atoms with Gasteiger partial charge in [0.05, 0.1) is 0 Å². The monoisotopic (exact) mass is 226 g/mol. The lowest BCUT2D eigenvalue weighted by Crippen LogP contribution is -2.01. The van der Waals surface area contributed by atoms with Gasteiger partial charge in [-0.3, -0.25) is 0 Å². The van der Waals surface area contributed by atoms with Gasteiger partial charge in [-0.05, 0) is 23.7 Å². The molecule has 0 amide bonds. The highest BCUT2D eigenvalue weighted by Crippen LogP contribution is 2.51. The van der Waals surface area contributed by atoms with Crippen LogP contribution in [0.1, 0.15) is 39.5 Å². The van der Waals surface area contributed by atoms with Crippen LogP contribution in [0.2, 0.25) is 0 Å². The third kappa shape index (κ3) is 8.82. The summed E-state index contributed by atoms with van der Waals surface area (Å²) in [6.07, 6.45) is 4.39. The molecule has 2 N–H and O–H groups in total. The molecule has 0 saturated heterocycles. The molecule has 0 aliphatic carbocycles. The molecule has 3 nitrogen and oxygen atoms in total. The minimum atomic E-state index is -3.85. The first-order valence-electron chi connectivity index (χ1n) is 4.69. The second kappa shape index (κ2) is 6.88. The zero-order valence-corrected chi connectivity index (χ0v) is 9.98. The minimum absolute atomic E-state index is 0.456. The molecule has 1 unspecified atom stereocenters. The molecule has 5 heteroatoms. The van der Waals surface area contributed by atoms with E-state index in [0.29, 0.717) is 11.7 Å². The van der Waals surface area contributed by atoms with Gasteiger partial charge in [0.2, 0.25) is 0 Å². The van der Waals surface area contributed by atoms with Crippen molar-refractivity contribution in [3.63, 3.8) is 0 Å². The number of hydrogen-bond donors (Lipinski definition) is 2. The van der Waals surface area contributed by atoms with E-state index in [1.165, 1.54) is 0 Å². The smallest absolute Gasteiger partial charge is 0.317 e. The van der Waals surface area contributed by atoms with Crippen LogP contribution in [0.4, 0.5) is 0 Å². The second-order valence-electron chi connectivity index (χ2n) is 3.20. The molecule has 0 heterocycles. The summed E-state index contributed by atoms with van der Waals surface area (Å²) in [6.45, 7) is 0.350. The molecule has 0 fully saturated rings. The van der Waals surface area contributed by atoms with Gasteiger partial charge in [0, 0.05) is 5.75 Å². The van der Waals surface area contributed by atoms with E-state index in [-0.39, 0.29) is 0 Å². The fraction of sp³-hybridized carbons (Fsp3) is 1.00. The summed E-state index contributed by atoms with van der Waals surface area (Å²) in [5.41, 5.74) is 0. The van der Waals surface area contributed by atoms with Crippen molar-refractivity contribution in [1.82, 2.24) is 0 Å². The van der Waals surface area contributed by atoms with Crippen molar-refractivity contribution in [2.75, 3.05) is 5.75 Å². The Morgan fingerprint density at radius 2 is 2.00 bits per heavy atom. The van der Waals surface area contributed by atoms with Crippen LogP contribution in [0.15, 0.2) is 0 Å². The van der Waals surface area contributed by atoms with E-state index in [2.05, 4.69) is 13.8 Å². The molecule has 0 bridgehead atoms. The molecule has 0 aromatic heterocycles. The Morgan fingerprint density at radius 3 is 2.38 bits per heavy atom. The van der Waals surface area contributed by atoms with Crippen LogP contribution in [0.25, 0.3) is 0 Å². The highest BCUT2D eigenvalue weighted by Gasteiger charge is 2.16. The molecule has 0 aliphatic heterocycles. The second-order valence-corrected chi connectivity index (χ2v) is 6.98. The number of unbranched alkanes of at least 4 members (excludes halogenated alkanes) is 1. The van der Waals surface area contributed by atoms with E-state index in [0.717, 1.165) is 37.1 Å². The van der Waals surface area contributed by atoms with Gasteiger partial charge < -0.3 is 9.79 Å². The molecule has 13 heavy (non-hydrogen) atoms.